The summed E-state index contributed by atoms with van der Waals surface area (Å²) >= 11 is 0. The number of carbonyl (C=O) groups excluding carboxylic acids is 1. The standard InChI is InChI=1S/C11H19NO2/c1-9-3-4-10(13)12(9)8-7-11(14)5-2-6-11/h9,14H,2-8H2,1H3. The zero-order valence-corrected chi connectivity index (χ0v) is 8.83. The van der Waals surface area contributed by atoms with Crippen LogP contribution >= 0.6 is 0 Å². The average molecular weight is 197 g/mol. The Labute approximate surface area is 85.1 Å². The van der Waals surface area contributed by atoms with Gasteiger partial charge in [0.15, 0.2) is 0 Å². The van der Waals surface area contributed by atoms with Crippen LogP contribution < -0.4 is 0 Å². The van der Waals surface area contributed by atoms with Gasteiger partial charge in [-0.3, -0.25) is 4.79 Å². The Bertz CT molecular complexity index is 235. The van der Waals surface area contributed by atoms with Crippen molar-refractivity contribution in [3.63, 3.8) is 0 Å². The number of carbonyl (C=O) groups is 1. The third-order valence-electron chi connectivity index (χ3n) is 3.73. The van der Waals surface area contributed by atoms with E-state index >= 15 is 0 Å². The second kappa shape index (κ2) is 3.54. The van der Waals surface area contributed by atoms with E-state index in [0.29, 0.717) is 12.5 Å². The molecule has 1 saturated heterocycles. The number of hydrogen-bond acceptors (Lipinski definition) is 2. The molecule has 1 N–H and O–H groups in total. The molecule has 0 aromatic heterocycles. The van der Waals surface area contributed by atoms with Gasteiger partial charge in [-0.1, -0.05) is 0 Å². The summed E-state index contributed by atoms with van der Waals surface area (Å²) in [5.41, 5.74) is -0.442. The van der Waals surface area contributed by atoms with Gasteiger partial charge in [0.2, 0.25) is 5.91 Å². The van der Waals surface area contributed by atoms with Gasteiger partial charge in [-0.15, -0.1) is 0 Å². The first-order chi connectivity index (χ1) is 6.61. The van der Waals surface area contributed by atoms with Gasteiger partial charge in [0.1, 0.15) is 0 Å². The minimum atomic E-state index is -0.442. The van der Waals surface area contributed by atoms with Gasteiger partial charge in [-0.2, -0.15) is 0 Å². The van der Waals surface area contributed by atoms with Crippen LogP contribution in [0.5, 0.6) is 0 Å². The molecular weight excluding hydrogens is 178 g/mol. The Morgan fingerprint density at radius 1 is 1.57 bits per heavy atom. The summed E-state index contributed by atoms with van der Waals surface area (Å²) in [6.45, 7) is 2.84. The second-order valence-electron chi connectivity index (χ2n) is 4.80. The Balaban J connectivity index is 1.82. The van der Waals surface area contributed by atoms with Crippen molar-refractivity contribution in [1.82, 2.24) is 4.90 Å². The van der Waals surface area contributed by atoms with Crippen molar-refractivity contribution in [1.29, 1.82) is 0 Å². The van der Waals surface area contributed by atoms with E-state index in [4.69, 9.17) is 0 Å². The predicted molar refractivity (Wildman–Crippen MR) is 53.8 cm³/mol. The molecule has 1 atom stereocenters. The van der Waals surface area contributed by atoms with Crippen molar-refractivity contribution in [2.45, 2.75) is 57.1 Å². The van der Waals surface area contributed by atoms with Crippen molar-refractivity contribution < 1.29 is 9.90 Å². The monoisotopic (exact) mass is 197 g/mol. The van der Waals surface area contributed by atoms with Gasteiger partial charge in [0, 0.05) is 19.0 Å². The predicted octanol–water partition coefficient (Wildman–Crippen LogP) is 1.30. The van der Waals surface area contributed by atoms with Crippen molar-refractivity contribution >= 4 is 5.91 Å². The summed E-state index contributed by atoms with van der Waals surface area (Å²) in [5.74, 6) is 0.264. The van der Waals surface area contributed by atoms with Crippen LogP contribution in [0.3, 0.4) is 0 Å². The molecule has 0 aromatic carbocycles. The van der Waals surface area contributed by atoms with E-state index in [9.17, 15) is 9.90 Å². The maximum absolute atomic E-state index is 11.5. The zero-order chi connectivity index (χ0) is 10.2. The smallest absolute Gasteiger partial charge is 0.222 e. The van der Waals surface area contributed by atoms with Crippen LogP contribution in [0, 0.1) is 0 Å². The lowest BCUT2D eigenvalue weighted by Crippen LogP contribution is -2.42. The second-order valence-corrected chi connectivity index (χ2v) is 4.80. The topological polar surface area (TPSA) is 40.5 Å². The number of likely N-dealkylation sites (tertiary alicyclic amines) is 1. The van der Waals surface area contributed by atoms with Gasteiger partial charge >= 0.3 is 0 Å². The summed E-state index contributed by atoms with van der Waals surface area (Å²) in [4.78, 5) is 13.4. The van der Waals surface area contributed by atoms with Crippen LogP contribution in [-0.4, -0.2) is 34.1 Å². The Morgan fingerprint density at radius 3 is 2.71 bits per heavy atom. The quantitative estimate of drug-likeness (QED) is 0.741. The summed E-state index contributed by atoms with van der Waals surface area (Å²) < 4.78 is 0. The highest BCUT2D eigenvalue weighted by molar-refractivity contribution is 5.78. The average Bonchev–Trinajstić information content (AvgIpc) is 2.41. The van der Waals surface area contributed by atoms with Crippen LogP contribution in [0.15, 0.2) is 0 Å². The fraction of sp³-hybridized carbons (Fsp3) is 0.909. The molecule has 2 aliphatic rings. The molecule has 1 unspecified atom stereocenters. The first kappa shape index (κ1) is 9.97. The Hall–Kier alpha value is -0.570. The van der Waals surface area contributed by atoms with E-state index in [2.05, 4.69) is 6.92 Å². The highest BCUT2D eigenvalue weighted by atomic mass is 16.3. The molecule has 2 fully saturated rings. The maximum atomic E-state index is 11.5. The van der Waals surface area contributed by atoms with Gasteiger partial charge in [-0.05, 0) is 39.0 Å². The first-order valence-electron chi connectivity index (χ1n) is 5.63. The van der Waals surface area contributed by atoms with Crippen molar-refractivity contribution in [2.24, 2.45) is 0 Å². The third kappa shape index (κ3) is 1.78. The van der Waals surface area contributed by atoms with Crippen LogP contribution in [0.2, 0.25) is 0 Å². The van der Waals surface area contributed by atoms with E-state index in [1.165, 1.54) is 0 Å². The fourth-order valence-electron chi connectivity index (χ4n) is 2.39. The van der Waals surface area contributed by atoms with E-state index in [1.54, 1.807) is 0 Å². The molecule has 1 saturated carbocycles. The van der Waals surface area contributed by atoms with Crippen molar-refractivity contribution in [2.75, 3.05) is 6.54 Å². The summed E-state index contributed by atoms with van der Waals surface area (Å²) in [5, 5.41) is 9.90. The summed E-state index contributed by atoms with van der Waals surface area (Å²) in [7, 11) is 0. The largest absolute Gasteiger partial charge is 0.390 e. The van der Waals surface area contributed by atoms with Crippen molar-refractivity contribution in [3.05, 3.63) is 0 Å². The van der Waals surface area contributed by atoms with Crippen LogP contribution in [0.25, 0.3) is 0 Å². The summed E-state index contributed by atoms with van der Waals surface area (Å²) in [6.07, 6.45) is 5.42. The van der Waals surface area contributed by atoms with E-state index in [-0.39, 0.29) is 5.91 Å². The highest BCUT2D eigenvalue weighted by Crippen LogP contribution is 2.35. The molecule has 14 heavy (non-hydrogen) atoms. The fourth-order valence-corrected chi connectivity index (χ4v) is 2.39. The normalized spacial score (nSPS) is 30.6. The van der Waals surface area contributed by atoms with E-state index in [0.717, 1.165) is 38.6 Å². The summed E-state index contributed by atoms with van der Waals surface area (Å²) in [6, 6.07) is 0.381. The van der Waals surface area contributed by atoms with Gasteiger partial charge < -0.3 is 10.0 Å². The highest BCUT2D eigenvalue weighted by Gasteiger charge is 2.36. The first-order valence-corrected chi connectivity index (χ1v) is 5.63. The van der Waals surface area contributed by atoms with E-state index < -0.39 is 5.60 Å². The minimum absolute atomic E-state index is 0.264. The molecule has 3 heteroatoms. The Morgan fingerprint density at radius 2 is 2.29 bits per heavy atom. The SMILES string of the molecule is CC1CCC(=O)N1CCC1(O)CCC1. The molecule has 0 radical (unpaired) electrons. The molecule has 3 nitrogen and oxygen atoms in total. The Kier molecular flexibility index (Phi) is 2.52. The zero-order valence-electron chi connectivity index (χ0n) is 8.83. The van der Waals surface area contributed by atoms with Crippen molar-refractivity contribution in [3.8, 4) is 0 Å². The number of amides is 1. The van der Waals surface area contributed by atoms with Gasteiger partial charge in [0.05, 0.1) is 5.60 Å². The minimum Gasteiger partial charge on any atom is -0.390 e. The van der Waals surface area contributed by atoms with Crippen LogP contribution in [0.4, 0.5) is 0 Å². The molecule has 0 aromatic rings. The molecule has 1 aliphatic carbocycles. The lowest BCUT2D eigenvalue weighted by atomic mass is 9.78. The van der Waals surface area contributed by atoms with Gasteiger partial charge in [0.25, 0.3) is 0 Å². The molecular formula is C11H19NO2. The van der Waals surface area contributed by atoms with Crippen LogP contribution in [0.1, 0.15) is 45.4 Å². The molecule has 2 rings (SSSR count). The molecule has 0 bridgehead atoms. The number of hydrogen-bond donors (Lipinski definition) is 1. The lowest BCUT2D eigenvalue weighted by Gasteiger charge is -2.38. The van der Waals surface area contributed by atoms with Gasteiger partial charge in [-0.25, -0.2) is 0 Å². The molecule has 1 amide bonds. The molecule has 80 valence electrons. The number of rotatable bonds is 3. The van der Waals surface area contributed by atoms with E-state index in [1.807, 2.05) is 4.90 Å². The third-order valence-corrected chi connectivity index (χ3v) is 3.73. The maximum Gasteiger partial charge on any atom is 0.222 e. The lowest BCUT2D eigenvalue weighted by molar-refractivity contribution is -0.130. The molecule has 0 spiro atoms. The van der Waals surface area contributed by atoms with Crippen LogP contribution in [-0.2, 0) is 4.79 Å². The molecule has 1 heterocycles. The molecule has 1 aliphatic heterocycles. The number of nitrogens with zero attached hydrogens (tertiary/aromatic N) is 1. The number of aliphatic hydroxyl groups is 1.